The molecule has 0 spiro atoms. The number of hydrogen-bond donors (Lipinski definition) is 2. The van der Waals surface area contributed by atoms with Gasteiger partial charge in [0.05, 0.1) is 11.3 Å². The molecule has 8 nitrogen and oxygen atoms in total. The van der Waals surface area contributed by atoms with Crippen molar-refractivity contribution >= 4 is 17.7 Å². The number of carbonyl (C=O) groups excluding carboxylic acids is 1. The van der Waals surface area contributed by atoms with E-state index < -0.39 is 16.9 Å². The van der Waals surface area contributed by atoms with Crippen LogP contribution in [0.25, 0.3) is 0 Å². The van der Waals surface area contributed by atoms with Crippen LogP contribution in [0, 0.1) is 10.1 Å². The number of benzene rings is 1. The van der Waals surface area contributed by atoms with E-state index in [-0.39, 0.29) is 25.2 Å². The number of urea groups is 1. The van der Waals surface area contributed by atoms with Crippen molar-refractivity contribution in [3.8, 4) is 0 Å². The SMILES string of the molecule is CN(CCC(=O)O)C(=O)NCCc1ccccc1[N+](=O)[O-]. The number of hydrogen-bond acceptors (Lipinski definition) is 4. The van der Waals surface area contributed by atoms with Crippen LogP contribution in [0.4, 0.5) is 10.5 Å². The number of nitrogens with zero attached hydrogens (tertiary/aromatic N) is 2. The summed E-state index contributed by atoms with van der Waals surface area (Å²) in [5.74, 6) is -0.977. The van der Waals surface area contributed by atoms with Gasteiger partial charge >= 0.3 is 12.0 Å². The van der Waals surface area contributed by atoms with Crippen LogP contribution < -0.4 is 5.32 Å². The molecule has 2 amide bonds. The molecule has 0 atom stereocenters. The number of rotatable bonds is 7. The normalized spacial score (nSPS) is 9.95. The molecule has 8 heteroatoms. The predicted molar refractivity (Wildman–Crippen MR) is 75.1 cm³/mol. The molecule has 0 aromatic heterocycles. The van der Waals surface area contributed by atoms with Crippen molar-refractivity contribution in [1.82, 2.24) is 10.2 Å². The largest absolute Gasteiger partial charge is 0.481 e. The number of nitro groups is 1. The number of aliphatic carboxylic acids is 1. The third-order valence-corrected chi connectivity index (χ3v) is 2.87. The molecule has 2 N–H and O–H groups in total. The fourth-order valence-corrected chi connectivity index (χ4v) is 1.70. The first kappa shape index (κ1) is 16.4. The lowest BCUT2D eigenvalue weighted by atomic mass is 10.1. The molecule has 0 fully saturated rings. The fourth-order valence-electron chi connectivity index (χ4n) is 1.70. The monoisotopic (exact) mass is 295 g/mol. The number of carboxylic acids is 1. The van der Waals surface area contributed by atoms with E-state index in [2.05, 4.69) is 5.32 Å². The molecule has 0 saturated heterocycles. The Morgan fingerprint density at radius 2 is 2.05 bits per heavy atom. The van der Waals surface area contributed by atoms with E-state index in [0.29, 0.717) is 12.0 Å². The highest BCUT2D eigenvalue weighted by atomic mass is 16.6. The van der Waals surface area contributed by atoms with Crippen LogP contribution >= 0.6 is 0 Å². The highest BCUT2D eigenvalue weighted by Crippen LogP contribution is 2.17. The molecule has 1 aromatic rings. The van der Waals surface area contributed by atoms with Crippen molar-refractivity contribution < 1.29 is 19.6 Å². The highest BCUT2D eigenvalue weighted by molar-refractivity contribution is 5.75. The van der Waals surface area contributed by atoms with Crippen LogP contribution in [0.15, 0.2) is 24.3 Å². The molecular formula is C13H17N3O5. The van der Waals surface area contributed by atoms with E-state index in [9.17, 15) is 19.7 Å². The van der Waals surface area contributed by atoms with Gasteiger partial charge in [-0.05, 0) is 6.42 Å². The lowest BCUT2D eigenvalue weighted by Gasteiger charge is -2.16. The Bertz CT molecular complexity index is 532. The van der Waals surface area contributed by atoms with Crippen LogP contribution in [-0.2, 0) is 11.2 Å². The minimum Gasteiger partial charge on any atom is -0.481 e. The maximum atomic E-state index is 11.7. The van der Waals surface area contributed by atoms with Crippen molar-refractivity contribution in [1.29, 1.82) is 0 Å². The molecule has 114 valence electrons. The Labute approximate surface area is 121 Å². The standard InChI is InChI=1S/C13H17N3O5/c1-15(9-7-12(17)18)13(19)14-8-6-10-4-2-3-5-11(10)16(20)21/h2-5H,6-9H2,1H3,(H,14,19)(H,17,18). The Morgan fingerprint density at radius 1 is 1.38 bits per heavy atom. The lowest BCUT2D eigenvalue weighted by Crippen LogP contribution is -2.39. The Balaban J connectivity index is 2.45. The van der Waals surface area contributed by atoms with Gasteiger partial charge in [0.2, 0.25) is 0 Å². The molecule has 0 heterocycles. The molecular weight excluding hydrogens is 278 g/mol. The van der Waals surface area contributed by atoms with Crippen molar-refractivity contribution in [3.63, 3.8) is 0 Å². The first-order valence-electron chi connectivity index (χ1n) is 6.35. The highest BCUT2D eigenvalue weighted by Gasteiger charge is 2.13. The van der Waals surface area contributed by atoms with E-state index >= 15 is 0 Å². The molecule has 0 aliphatic rings. The molecule has 0 saturated carbocycles. The van der Waals surface area contributed by atoms with Crippen molar-refractivity contribution in [2.24, 2.45) is 0 Å². The molecule has 1 aromatic carbocycles. The zero-order chi connectivity index (χ0) is 15.8. The van der Waals surface area contributed by atoms with E-state index in [4.69, 9.17) is 5.11 Å². The Morgan fingerprint density at radius 3 is 2.67 bits per heavy atom. The van der Waals surface area contributed by atoms with Gasteiger partial charge in [0, 0.05) is 31.8 Å². The van der Waals surface area contributed by atoms with Crippen LogP contribution in [-0.4, -0.2) is 47.1 Å². The Kier molecular flexibility index (Phi) is 6.12. The van der Waals surface area contributed by atoms with Gasteiger partial charge in [-0.15, -0.1) is 0 Å². The molecule has 1 rings (SSSR count). The summed E-state index contributed by atoms with van der Waals surface area (Å²) in [7, 11) is 1.49. The second-order valence-corrected chi connectivity index (χ2v) is 4.43. The average Bonchev–Trinajstić information content (AvgIpc) is 2.44. The predicted octanol–water partition coefficient (Wildman–Crippen LogP) is 1.25. The van der Waals surface area contributed by atoms with Gasteiger partial charge in [-0.2, -0.15) is 0 Å². The molecule has 0 radical (unpaired) electrons. The number of nitrogens with one attached hydrogen (secondary N) is 1. The average molecular weight is 295 g/mol. The minimum absolute atomic E-state index is 0.0194. The maximum Gasteiger partial charge on any atom is 0.317 e. The maximum absolute atomic E-state index is 11.7. The minimum atomic E-state index is -0.977. The van der Waals surface area contributed by atoms with Gasteiger partial charge < -0.3 is 15.3 Å². The van der Waals surface area contributed by atoms with Crippen LogP contribution in [0.1, 0.15) is 12.0 Å². The smallest absolute Gasteiger partial charge is 0.317 e. The zero-order valence-corrected chi connectivity index (χ0v) is 11.6. The van der Waals surface area contributed by atoms with Gasteiger partial charge in [-0.3, -0.25) is 14.9 Å². The van der Waals surface area contributed by atoms with Gasteiger partial charge in [0.25, 0.3) is 5.69 Å². The topological polar surface area (TPSA) is 113 Å². The summed E-state index contributed by atoms with van der Waals surface area (Å²) in [6, 6.07) is 5.92. The summed E-state index contributed by atoms with van der Waals surface area (Å²) in [5.41, 5.74) is 0.557. The van der Waals surface area contributed by atoms with Gasteiger partial charge in [-0.25, -0.2) is 4.79 Å². The summed E-state index contributed by atoms with van der Waals surface area (Å²) in [6.45, 7) is 0.341. The van der Waals surface area contributed by atoms with Crippen molar-refractivity contribution in [2.45, 2.75) is 12.8 Å². The molecule has 0 bridgehead atoms. The molecule has 21 heavy (non-hydrogen) atoms. The van der Waals surface area contributed by atoms with Crippen LogP contribution in [0.5, 0.6) is 0 Å². The first-order chi connectivity index (χ1) is 9.91. The lowest BCUT2D eigenvalue weighted by molar-refractivity contribution is -0.385. The van der Waals surface area contributed by atoms with E-state index in [0.717, 1.165) is 0 Å². The van der Waals surface area contributed by atoms with E-state index in [1.807, 2.05) is 0 Å². The van der Waals surface area contributed by atoms with Crippen molar-refractivity contribution in [3.05, 3.63) is 39.9 Å². The van der Waals surface area contributed by atoms with Gasteiger partial charge in [0.1, 0.15) is 0 Å². The van der Waals surface area contributed by atoms with Crippen molar-refractivity contribution in [2.75, 3.05) is 20.1 Å². The second-order valence-electron chi connectivity index (χ2n) is 4.43. The van der Waals surface area contributed by atoms with Crippen LogP contribution in [0.2, 0.25) is 0 Å². The summed E-state index contributed by atoms with van der Waals surface area (Å²) >= 11 is 0. The fraction of sp³-hybridized carbons (Fsp3) is 0.385. The summed E-state index contributed by atoms with van der Waals surface area (Å²) in [4.78, 5) is 33.7. The first-order valence-corrected chi connectivity index (χ1v) is 6.35. The summed E-state index contributed by atoms with van der Waals surface area (Å²) in [6.07, 6.45) is 0.198. The van der Waals surface area contributed by atoms with E-state index in [1.54, 1.807) is 18.2 Å². The number of carbonyl (C=O) groups is 2. The van der Waals surface area contributed by atoms with Gasteiger partial charge in [-0.1, -0.05) is 18.2 Å². The van der Waals surface area contributed by atoms with E-state index in [1.165, 1.54) is 18.0 Å². The molecule has 0 aliphatic heterocycles. The summed E-state index contributed by atoms with van der Waals surface area (Å²) < 4.78 is 0. The summed E-state index contributed by atoms with van der Waals surface area (Å²) in [5, 5.41) is 22.0. The van der Waals surface area contributed by atoms with Crippen LogP contribution in [0.3, 0.4) is 0 Å². The molecule has 0 aliphatic carbocycles. The van der Waals surface area contributed by atoms with Gasteiger partial charge in [0.15, 0.2) is 0 Å². The Hall–Kier alpha value is -2.64. The number of nitro benzene ring substituents is 1. The third kappa shape index (κ3) is 5.47. The third-order valence-electron chi connectivity index (χ3n) is 2.87. The molecule has 0 unspecified atom stereocenters. The quantitative estimate of drug-likeness (QED) is 0.580. The second kappa shape index (κ2) is 7.83. The zero-order valence-electron chi connectivity index (χ0n) is 11.6. The number of amides is 2. The number of para-hydroxylation sites is 1. The number of carboxylic acid groups (broad SMARTS) is 1.